The molecule has 0 saturated heterocycles. The van der Waals surface area contributed by atoms with E-state index in [4.69, 9.17) is 18.5 Å². The molecule has 14 heteroatoms. The molecule has 1 rings (SSSR count). The maximum atomic E-state index is 12.8. The van der Waals surface area contributed by atoms with Crippen LogP contribution in [-0.4, -0.2) is 98.3 Å². The van der Waals surface area contributed by atoms with Crippen molar-refractivity contribution in [2.75, 3.05) is 13.2 Å². The van der Waals surface area contributed by atoms with Crippen molar-refractivity contribution in [1.82, 2.24) is 0 Å². The van der Waals surface area contributed by atoms with Crippen LogP contribution in [0.2, 0.25) is 0 Å². The molecule has 1 fully saturated rings. The minimum absolute atomic E-state index is 0.0478. The maximum absolute atomic E-state index is 12.8. The smallest absolute Gasteiger partial charge is 0.462 e. The zero-order valence-electron chi connectivity index (χ0n) is 39.3. The summed E-state index contributed by atoms with van der Waals surface area (Å²) in [5.74, 6) is -1.15. The molecule has 1 aliphatic carbocycles. The third kappa shape index (κ3) is 31.5. The second-order valence-electron chi connectivity index (χ2n) is 17.0. The van der Waals surface area contributed by atoms with Gasteiger partial charge in [0.25, 0.3) is 0 Å². The van der Waals surface area contributed by atoms with Crippen LogP contribution >= 0.6 is 7.82 Å². The predicted molar refractivity (Wildman–Crippen MR) is 253 cm³/mol. The first-order valence-corrected chi connectivity index (χ1v) is 26.1. The summed E-state index contributed by atoms with van der Waals surface area (Å²) in [5, 5.41) is 50.2. The van der Waals surface area contributed by atoms with E-state index in [1.807, 2.05) is 42.5 Å². The van der Waals surface area contributed by atoms with Gasteiger partial charge in [-0.25, -0.2) is 4.57 Å². The van der Waals surface area contributed by atoms with Crippen LogP contribution in [0.1, 0.15) is 187 Å². The minimum Gasteiger partial charge on any atom is -0.462 e. The number of esters is 2. The van der Waals surface area contributed by atoms with E-state index in [2.05, 4.69) is 32.1 Å². The number of hydrogen-bond donors (Lipinski definition) is 6. The van der Waals surface area contributed by atoms with E-state index < -0.39 is 75.7 Å². The minimum atomic E-state index is -5.13. The standard InChI is InChI=1S/C50H87O13P/c1-3-5-7-9-11-13-15-17-18-19-20-21-22-23-24-25-27-28-30-32-34-36-38-43(51)60-40-42(41-61-64(58,59)63-50-48(56)46(54)45(53)47(55)49(50)57)62-44(52)39-37-35-33-31-29-26-16-14-12-10-8-6-4-2/h6,8,10,12,14,16,22-23,26,29,42,45-50,53-57H,3-5,7,9,11,13,15,17-21,24-25,27-28,30-41H2,1-2H3,(H,58,59)/b8-6+,12-10+,16-14+,23-22+,29-26+/t42?,45?,46-,47?,48?,49?,50?/m0/s1. The lowest BCUT2D eigenvalue weighted by Crippen LogP contribution is -2.64. The van der Waals surface area contributed by atoms with Crippen LogP contribution < -0.4 is 0 Å². The molecule has 0 aromatic carbocycles. The van der Waals surface area contributed by atoms with Crippen molar-refractivity contribution in [3.63, 3.8) is 0 Å². The molecule has 0 aromatic heterocycles. The van der Waals surface area contributed by atoms with E-state index in [0.29, 0.717) is 12.8 Å². The molecule has 370 valence electrons. The Morgan fingerprint density at radius 2 is 0.906 bits per heavy atom. The second-order valence-corrected chi connectivity index (χ2v) is 18.4. The van der Waals surface area contributed by atoms with Gasteiger partial charge in [0.05, 0.1) is 6.61 Å². The van der Waals surface area contributed by atoms with Crippen molar-refractivity contribution < 1.29 is 63.1 Å². The van der Waals surface area contributed by atoms with Gasteiger partial charge in [0, 0.05) is 12.8 Å². The third-order valence-corrected chi connectivity index (χ3v) is 12.2. The van der Waals surface area contributed by atoms with Gasteiger partial charge >= 0.3 is 19.8 Å². The first-order chi connectivity index (χ1) is 30.9. The predicted octanol–water partition coefficient (Wildman–Crippen LogP) is 10.1. The quantitative estimate of drug-likeness (QED) is 0.0111. The number of hydrogen-bond acceptors (Lipinski definition) is 12. The lowest BCUT2D eigenvalue weighted by Gasteiger charge is -2.41. The van der Waals surface area contributed by atoms with Gasteiger partial charge in [0.2, 0.25) is 0 Å². The zero-order valence-corrected chi connectivity index (χ0v) is 40.2. The molecule has 0 radical (unpaired) electrons. The lowest BCUT2D eigenvalue weighted by molar-refractivity contribution is -0.220. The van der Waals surface area contributed by atoms with E-state index in [-0.39, 0.29) is 12.8 Å². The molecule has 6 N–H and O–H groups in total. The highest BCUT2D eigenvalue weighted by Gasteiger charge is 2.51. The van der Waals surface area contributed by atoms with Gasteiger partial charge in [0.1, 0.15) is 43.2 Å². The molecule has 13 nitrogen and oxygen atoms in total. The van der Waals surface area contributed by atoms with Gasteiger partial charge in [-0.1, -0.05) is 177 Å². The van der Waals surface area contributed by atoms with Gasteiger partial charge in [-0.05, 0) is 57.8 Å². The van der Waals surface area contributed by atoms with Crippen LogP contribution in [0.25, 0.3) is 0 Å². The SMILES string of the molecule is CC/C=C/C=C/C=C/C=C/CCCCCC(=O)OC(COC(=O)CCCCCCCCC/C=C/CCCCCCCCCCCCC)COP(=O)(O)OC1C(O)C(O)C(O)[C@H](O)C1O. The van der Waals surface area contributed by atoms with Crippen molar-refractivity contribution in [2.45, 2.75) is 230 Å². The van der Waals surface area contributed by atoms with Crippen molar-refractivity contribution in [3.8, 4) is 0 Å². The van der Waals surface area contributed by atoms with Crippen LogP contribution in [0.3, 0.4) is 0 Å². The Kier molecular flexibility index (Phi) is 36.9. The summed E-state index contributed by atoms with van der Waals surface area (Å²) in [6.07, 6.45) is 35.7. The van der Waals surface area contributed by atoms with E-state index in [9.17, 15) is 44.6 Å². The molecule has 1 aliphatic rings. The van der Waals surface area contributed by atoms with Gasteiger partial charge in [-0.15, -0.1) is 0 Å². The number of ether oxygens (including phenoxy) is 2. The van der Waals surface area contributed by atoms with Crippen molar-refractivity contribution in [1.29, 1.82) is 0 Å². The fourth-order valence-electron chi connectivity index (χ4n) is 7.23. The highest BCUT2D eigenvalue weighted by molar-refractivity contribution is 7.47. The monoisotopic (exact) mass is 927 g/mol. The van der Waals surface area contributed by atoms with E-state index in [0.717, 1.165) is 57.8 Å². The fraction of sp³-hybridized carbons (Fsp3) is 0.760. The Bertz CT molecular complexity index is 1350. The van der Waals surface area contributed by atoms with Crippen LogP contribution in [0.15, 0.2) is 60.8 Å². The van der Waals surface area contributed by atoms with E-state index in [1.54, 1.807) is 0 Å². The largest absolute Gasteiger partial charge is 0.472 e. The number of aliphatic hydroxyl groups excluding tert-OH is 5. The molecule has 64 heavy (non-hydrogen) atoms. The summed E-state index contributed by atoms with van der Waals surface area (Å²) in [4.78, 5) is 35.7. The summed E-state index contributed by atoms with van der Waals surface area (Å²) in [5.41, 5.74) is 0. The highest BCUT2D eigenvalue weighted by Crippen LogP contribution is 2.47. The number of phosphoric acid groups is 1. The number of allylic oxidation sites excluding steroid dienone is 10. The van der Waals surface area contributed by atoms with Crippen molar-refractivity contribution >= 4 is 19.8 Å². The van der Waals surface area contributed by atoms with Gasteiger partial charge < -0.3 is 39.9 Å². The van der Waals surface area contributed by atoms with Crippen LogP contribution in [0.4, 0.5) is 0 Å². The van der Waals surface area contributed by atoms with E-state index in [1.165, 1.54) is 89.9 Å². The summed E-state index contributed by atoms with van der Waals surface area (Å²) in [7, 11) is -5.13. The molecule has 0 aliphatic heterocycles. The maximum Gasteiger partial charge on any atom is 0.472 e. The molecule has 0 bridgehead atoms. The Morgan fingerprint density at radius 3 is 1.42 bits per heavy atom. The van der Waals surface area contributed by atoms with Crippen LogP contribution in [0.5, 0.6) is 0 Å². The first-order valence-electron chi connectivity index (χ1n) is 24.6. The molecule has 7 unspecified atom stereocenters. The van der Waals surface area contributed by atoms with Crippen molar-refractivity contribution in [2.24, 2.45) is 0 Å². The fourth-order valence-corrected chi connectivity index (χ4v) is 8.21. The van der Waals surface area contributed by atoms with Gasteiger partial charge in [0.15, 0.2) is 6.10 Å². The highest BCUT2D eigenvalue weighted by atomic mass is 31.2. The Labute approximate surface area is 385 Å². The molecule has 0 aromatic rings. The molecule has 1 saturated carbocycles. The Hall–Kier alpha value is -2.45. The lowest BCUT2D eigenvalue weighted by atomic mass is 9.85. The summed E-state index contributed by atoms with van der Waals surface area (Å²) >= 11 is 0. The van der Waals surface area contributed by atoms with Crippen molar-refractivity contribution in [3.05, 3.63) is 60.8 Å². The molecule has 8 atom stereocenters. The normalized spacial score (nSPS) is 22.1. The Morgan fingerprint density at radius 1 is 0.500 bits per heavy atom. The second kappa shape index (κ2) is 39.7. The third-order valence-electron chi connectivity index (χ3n) is 11.2. The summed E-state index contributed by atoms with van der Waals surface area (Å²) in [6, 6.07) is 0. The average Bonchev–Trinajstić information content (AvgIpc) is 3.28. The van der Waals surface area contributed by atoms with Crippen LogP contribution in [-0.2, 0) is 32.7 Å². The summed E-state index contributed by atoms with van der Waals surface area (Å²) < 4.78 is 33.5. The number of aliphatic hydroxyl groups is 5. The van der Waals surface area contributed by atoms with E-state index >= 15 is 0 Å². The Balaban J connectivity index is 2.40. The zero-order chi connectivity index (χ0) is 47.1. The van der Waals surface area contributed by atoms with Crippen LogP contribution in [0, 0.1) is 0 Å². The number of phosphoric ester groups is 1. The molecular formula is C50H87O13P. The topological polar surface area (TPSA) is 210 Å². The van der Waals surface area contributed by atoms with Gasteiger partial charge in [-0.2, -0.15) is 0 Å². The number of carbonyl (C=O) groups excluding carboxylic acids is 2. The molecule has 0 amide bonds. The molecule has 0 heterocycles. The number of carbonyl (C=O) groups is 2. The molecular weight excluding hydrogens is 840 g/mol. The first kappa shape index (κ1) is 59.6. The average molecular weight is 927 g/mol. The van der Waals surface area contributed by atoms with Gasteiger partial charge in [-0.3, -0.25) is 18.6 Å². The number of rotatable bonds is 40. The molecule has 0 spiro atoms. The summed E-state index contributed by atoms with van der Waals surface area (Å²) in [6.45, 7) is 3.13. The number of unbranched alkanes of at least 4 members (excludes halogenated alkanes) is 21.